The van der Waals surface area contributed by atoms with Gasteiger partial charge in [0.2, 0.25) is 5.89 Å². The van der Waals surface area contributed by atoms with Crippen molar-refractivity contribution in [2.45, 2.75) is 64.7 Å². The van der Waals surface area contributed by atoms with Crippen LogP contribution in [-0.2, 0) is 6.42 Å². The van der Waals surface area contributed by atoms with Crippen molar-refractivity contribution in [3.63, 3.8) is 0 Å². The van der Waals surface area contributed by atoms with E-state index in [-0.39, 0.29) is 0 Å². The highest BCUT2D eigenvalue weighted by atomic mass is 16.5. The van der Waals surface area contributed by atoms with Crippen molar-refractivity contribution in [1.82, 2.24) is 20.8 Å². The van der Waals surface area contributed by atoms with Gasteiger partial charge in [0.15, 0.2) is 11.8 Å². The molecule has 0 bridgehead atoms. The highest BCUT2D eigenvalue weighted by Gasteiger charge is 2.09. The van der Waals surface area contributed by atoms with Gasteiger partial charge in [-0.3, -0.25) is 4.99 Å². The van der Waals surface area contributed by atoms with Crippen LogP contribution >= 0.6 is 0 Å². The number of nitrogens with zero attached hydrogens (tertiary/aromatic N) is 3. The van der Waals surface area contributed by atoms with Gasteiger partial charge in [0.1, 0.15) is 0 Å². The maximum atomic E-state index is 5.25. The number of aliphatic imine (C=N–C) groups is 1. The van der Waals surface area contributed by atoms with Crippen molar-refractivity contribution >= 4 is 5.96 Å². The zero-order valence-electron chi connectivity index (χ0n) is 15.3. The monoisotopic (exact) mass is 333 g/mol. The first-order chi connectivity index (χ1) is 11.7. The lowest BCUT2D eigenvalue weighted by Crippen LogP contribution is -2.38. The van der Waals surface area contributed by atoms with Crippen LogP contribution in [0.25, 0.3) is 0 Å². The Hall–Kier alpha value is -1.85. The fourth-order valence-corrected chi connectivity index (χ4v) is 2.74. The lowest BCUT2D eigenvalue weighted by atomic mass is 9.97. The van der Waals surface area contributed by atoms with Crippen molar-refractivity contribution in [3.8, 4) is 0 Å². The third-order valence-electron chi connectivity index (χ3n) is 4.21. The normalized spacial score (nSPS) is 15.5. The van der Waals surface area contributed by atoms with Gasteiger partial charge in [-0.2, -0.15) is 4.98 Å². The second kappa shape index (κ2) is 10.1. The summed E-state index contributed by atoms with van der Waals surface area (Å²) in [7, 11) is 1.81. The van der Waals surface area contributed by atoms with Gasteiger partial charge in [0, 0.05) is 32.5 Å². The van der Waals surface area contributed by atoms with Crippen LogP contribution in [0.2, 0.25) is 0 Å². The van der Waals surface area contributed by atoms with E-state index in [4.69, 9.17) is 4.52 Å². The second-order valence-corrected chi connectivity index (χ2v) is 6.59. The van der Waals surface area contributed by atoms with E-state index in [1.54, 1.807) is 5.57 Å². The zero-order valence-corrected chi connectivity index (χ0v) is 15.3. The zero-order chi connectivity index (χ0) is 17.2. The molecule has 0 atom stereocenters. The molecule has 1 heterocycles. The number of hydrogen-bond acceptors (Lipinski definition) is 4. The fourth-order valence-electron chi connectivity index (χ4n) is 2.74. The number of guanidine groups is 1. The van der Waals surface area contributed by atoms with Gasteiger partial charge >= 0.3 is 0 Å². The molecular weight excluding hydrogens is 302 g/mol. The van der Waals surface area contributed by atoms with Crippen LogP contribution < -0.4 is 10.6 Å². The minimum absolute atomic E-state index is 0.308. The van der Waals surface area contributed by atoms with E-state index in [0.29, 0.717) is 11.8 Å². The Morgan fingerprint density at radius 1 is 1.25 bits per heavy atom. The molecule has 0 saturated heterocycles. The number of aryl methyl sites for hydroxylation is 1. The van der Waals surface area contributed by atoms with Crippen LogP contribution in [0.15, 0.2) is 21.2 Å². The molecule has 2 rings (SSSR count). The fraction of sp³-hybridized carbons (Fsp3) is 0.722. The van der Waals surface area contributed by atoms with E-state index in [0.717, 1.165) is 44.1 Å². The molecule has 134 valence electrons. The SMILES string of the molecule is CN=C(NCCCc1nc(C(C)C)no1)NCCC1=CCCCC1. The van der Waals surface area contributed by atoms with Crippen LogP contribution in [-0.4, -0.2) is 36.2 Å². The molecule has 1 aromatic heterocycles. The summed E-state index contributed by atoms with van der Waals surface area (Å²) in [5.74, 6) is 2.67. The summed E-state index contributed by atoms with van der Waals surface area (Å²) < 4.78 is 5.25. The molecule has 1 aliphatic carbocycles. The molecule has 0 fully saturated rings. The van der Waals surface area contributed by atoms with Gasteiger partial charge in [0.05, 0.1) is 0 Å². The van der Waals surface area contributed by atoms with Gasteiger partial charge < -0.3 is 15.2 Å². The van der Waals surface area contributed by atoms with Crippen molar-refractivity contribution in [2.24, 2.45) is 4.99 Å². The third-order valence-corrected chi connectivity index (χ3v) is 4.21. The predicted molar refractivity (Wildman–Crippen MR) is 97.2 cm³/mol. The largest absolute Gasteiger partial charge is 0.356 e. The molecule has 6 nitrogen and oxygen atoms in total. The maximum absolute atomic E-state index is 5.25. The van der Waals surface area contributed by atoms with Gasteiger partial charge in [0.25, 0.3) is 0 Å². The minimum atomic E-state index is 0.308. The summed E-state index contributed by atoms with van der Waals surface area (Å²) in [6.45, 7) is 5.90. The summed E-state index contributed by atoms with van der Waals surface area (Å²) in [5.41, 5.74) is 1.58. The van der Waals surface area contributed by atoms with Gasteiger partial charge in [-0.15, -0.1) is 0 Å². The van der Waals surface area contributed by atoms with Crippen molar-refractivity contribution in [2.75, 3.05) is 20.1 Å². The van der Waals surface area contributed by atoms with Crippen LogP contribution in [0.3, 0.4) is 0 Å². The Morgan fingerprint density at radius 3 is 2.75 bits per heavy atom. The van der Waals surface area contributed by atoms with E-state index in [2.05, 4.69) is 45.7 Å². The summed E-state index contributed by atoms with van der Waals surface area (Å²) in [5, 5.41) is 10.7. The molecule has 0 saturated carbocycles. The first-order valence-corrected chi connectivity index (χ1v) is 9.14. The summed E-state index contributed by atoms with van der Waals surface area (Å²) in [6.07, 6.45) is 10.4. The highest BCUT2D eigenvalue weighted by molar-refractivity contribution is 5.79. The number of hydrogen-bond donors (Lipinski definition) is 2. The quantitative estimate of drug-likeness (QED) is 0.331. The second-order valence-electron chi connectivity index (χ2n) is 6.59. The number of nitrogens with one attached hydrogen (secondary N) is 2. The lowest BCUT2D eigenvalue weighted by Gasteiger charge is -2.15. The maximum Gasteiger partial charge on any atom is 0.226 e. The van der Waals surface area contributed by atoms with Crippen molar-refractivity contribution in [3.05, 3.63) is 23.4 Å². The Balaban J connectivity index is 1.59. The molecule has 0 aliphatic heterocycles. The molecule has 1 aromatic rings. The molecule has 0 radical (unpaired) electrons. The summed E-state index contributed by atoms with van der Waals surface area (Å²) >= 11 is 0. The van der Waals surface area contributed by atoms with Crippen molar-refractivity contribution < 1.29 is 4.52 Å². The summed E-state index contributed by atoms with van der Waals surface area (Å²) in [6, 6.07) is 0. The average Bonchev–Trinajstić information content (AvgIpc) is 3.07. The van der Waals surface area contributed by atoms with E-state index < -0.39 is 0 Å². The van der Waals surface area contributed by atoms with E-state index >= 15 is 0 Å². The molecule has 1 aliphatic rings. The lowest BCUT2D eigenvalue weighted by molar-refractivity contribution is 0.368. The van der Waals surface area contributed by atoms with Crippen LogP contribution in [0.1, 0.15) is 70.0 Å². The Labute approximate surface area is 145 Å². The summed E-state index contributed by atoms with van der Waals surface area (Å²) in [4.78, 5) is 8.66. The Bertz CT molecular complexity index is 547. The Morgan fingerprint density at radius 2 is 2.08 bits per heavy atom. The topological polar surface area (TPSA) is 75.3 Å². The molecule has 6 heteroatoms. The molecule has 2 N–H and O–H groups in total. The molecule has 24 heavy (non-hydrogen) atoms. The molecule has 0 spiro atoms. The third kappa shape index (κ3) is 6.34. The Kier molecular flexibility index (Phi) is 7.79. The molecule has 0 amide bonds. The van der Waals surface area contributed by atoms with Crippen LogP contribution in [0.5, 0.6) is 0 Å². The smallest absolute Gasteiger partial charge is 0.226 e. The van der Waals surface area contributed by atoms with Gasteiger partial charge in [-0.05, 0) is 38.5 Å². The van der Waals surface area contributed by atoms with Crippen LogP contribution in [0.4, 0.5) is 0 Å². The number of aromatic nitrogens is 2. The van der Waals surface area contributed by atoms with Gasteiger partial charge in [-0.25, -0.2) is 0 Å². The highest BCUT2D eigenvalue weighted by Crippen LogP contribution is 2.19. The first-order valence-electron chi connectivity index (χ1n) is 9.14. The standard InChI is InChI=1S/C18H31N5O/c1-14(2)17-22-16(24-23-17)10-7-12-20-18(19-3)21-13-11-15-8-5-4-6-9-15/h8,14H,4-7,9-13H2,1-3H3,(H2,19,20,21). The minimum Gasteiger partial charge on any atom is -0.356 e. The van der Waals surface area contributed by atoms with E-state index in [9.17, 15) is 0 Å². The average molecular weight is 333 g/mol. The first kappa shape index (κ1) is 18.5. The number of rotatable bonds is 8. The van der Waals surface area contributed by atoms with E-state index in [1.165, 1.54) is 25.7 Å². The predicted octanol–water partition coefficient (Wildman–Crippen LogP) is 3.18. The molecule has 0 aromatic carbocycles. The molecular formula is C18H31N5O. The van der Waals surface area contributed by atoms with Crippen molar-refractivity contribution in [1.29, 1.82) is 0 Å². The van der Waals surface area contributed by atoms with Gasteiger partial charge in [-0.1, -0.05) is 30.7 Å². The molecule has 0 unspecified atom stereocenters. The van der Waals surface area contributed by atoms with Crippen LogP contribution in [0, 0.1) is 0 Å². The number of allylic oxidation sites excluding steroid dienone is 1. The van der Waals surface area contributed by atoms with E-state index in [1.807, 2.05) is 7.05 Å².